The molecule has 0 bridgehead atoms. The molecule has 2 aromatic carbocycles. The minimum atomic E-state index is -0.388. The molecule has 29 heavy (non-hydrogen) atoms. The highest BCUT2D eigenvalue weighted by atomic mass is 16.5. The SMILES string of the molecule is COc1ccc(CN2C(=O)CCN(c3c4ccc(C=O)cc4nn3C)C2=O)cc1. The molecular formula is C21H20N4O4. The van der Waals surface area contributed by atoms with Crippen LogP contribution in [-0.4, -0.2) is 46.6 Å². The van der Waals surface area contributed by atoms with Crippen molar-refractivity contribution >= 4 is 34.9 Å². The van der Waals surface area contributed by atoms with E-state index in [1.807, 2.05) is 12.1 Å². The molecule has 1 fully saturated rings. The largest absolute Gasteiger partial charge is 0.497 e. The molecule has 0 radical (unpaired) electrons. The molecule has 0 saturated carbocycles. The lowest BCUT2D eigenvalue weighted by Crippen LogP contribution is -2.52. The maximum atomic E-state index is 13.2. The molecule has 2 heterocycles. The number of carbonyl (C=O) groups is 3. The highest BCUT2D eigenvalue weighted by Gasteiger charge is 2.35. The molecule has 8 heteroatoms. The summed E-state index contributed by atoms with van der Waals surface area (Å²) in [5.74, 6) is 1.11. The molecule has 148 valence electrons. The van der Waals surface area contributed by atoms with Gasteiger partial charge in [-0.2, -0.15) is 5.10 Å². The average Bonchev–Trinajstić information content (AvgIpc) is 3.06. The van der Waals surface area contributed by atoms with Crippen molar-refractivity contribution in [2.24, 2.45) is 7.05 Å². The molecule has 3 aromatic rings. The van der Waals surface area contributed by atoms with Crippen LogP contribution in [0.2, 0.25) is 0 Å². The van der Waals surface area contributed by atoms with Crippen molar-refractivity contribution in [3.8, 4) is 5.75 Å². The van der Waals surface area contributed by atoms with E-state index in [9.17, 15) is 14.4 Å². The second kappa shape index (κ2) is 7.38. The summed E-state index contributed by atoms with van der Waals surface area (Å²) in [6.45, 7) is 0.462. The molecule has 1 aromatic heterocycles. The Kier molecular flexibility index (Phi) is 4.75. The van der Waals surface area contributed by atoms with E-state index >= 15 is 0 Å². The minimum absolute atomic E-state index is 0.184. The van der Waals surface area contributed by atoms with E-state index < -0.39 is 0 Å². The number of aryl methyl sites for hydroxylation is 1. The van der Waals surface area contributed by atoms with Gasteiger partial charge in [0.2, 0.25) is 5.91 Å². The van der Waals surface area contributed by atoms with Gasteiger partial charge in [-0.05, 0) is 29.8 Å². The van der Waals surface area contributed by atoms with E-state index in [1.165, 1.54) is 4.90 Å². The van der Waals surface area contributed by atoms with Gasteiger partial charge in [0.05, 0.1) is 19.2 Å². The van der Waals surface area contributed by atoms with Gasteiger partial charge in [-0.15, -0.1) is 0 Å². The number of imide groups is 1. The zero-order chi connectivity index (χ0) is 20.5. The Bertz CT molecular complexity index is 1100. The number of hydrogen-bond donors (Lipinski definition) is 0. The fourth-order valence-electron chi connectivity index (χ4n) is 3.55. The first kappa shape index (κ1) is 18.7. The number of anilines is 1. The Morgan fingerprint density at radius 1 is 1.14 bits per heavy atom. The molecule has 1 saturated heterocycles. The quantitative estimate of drug-likeness (QED) is 0.624. The number of fused-ring (bicyclic) bond motifs is 1. The number of methoxy groups -OCH3 is 1. The number of rotatable bonds is 5. The van der Waals surface area contributed by atoms with Crippen LogP contribution >= 0.6 is 0 Å². The molecule has 8 nitrogen and oxygen atoms in total. The van der Waals surface area contributed by atoms with Crippen LogP contribution in [0.1, 0.15) is 22.3 Å². The van der Waals surface area contributed by atoms with Gasteiger partial charge >= 0.3 is 6.03 Å². The van der Waals surface area contributed by atoms with Crippen molar-refractivity contribution < 1.29 is 19.1 Å². The van der Waals surface area contributed by atoms with Crippen LogP contribution in [-0.2, 0) is 18.4 Å². The Morgan fingerprint density at radius 3 is 2.59 bits per heavy atom. The summed E-state index contributed by atoms with van der Waals surface area (Å²) in [6.07, 6.45) is 0.982. The third-order valence-electron chi connectivity index (χ3n) is 5.03. The van der Waals surface area contributed by atoms with Gasteiger partial charge in [0.15, 0.2) is 0 Å². The molecule has 0 N–H and O–H groups in total. The van der Waals surface area contributed by atoms with Gasteiger partial charge < -0.3 is 4.74 Å². The molecule has 0 unspecified atom stereocenters. The van der Waals surface area contributed by atoms with E-state index in [-0.39, 0.29) is 31.4 Å². The summed E-state index contributed by atoms with van der Waals surface area (Å²) >= 11 is 0. The number of urea groups is 1. The minimum Gasteiger partial charge on any atom is -0.497 e. The number of nitrogens with zero attached hydrogens (tertiary/aromatic N) is 4. The maximum Gasteiger partial charge on any atom is 0.332 e. The first-order chi connectivity index (χ1) is 14.0. The summed E-state index contributed by atoms with van der Waals surface area (Å²) in [7, 11) is 3.33. The smallest absolute Gasteiger partial charge is 0.332 e. The fourth-order valence-corrected chi connectivity index (χ4v) is 3.55. The summed E-state index contributed by atoms with van der Waals surface area (Å²) in [6, 6.07) is 12.0. The topological polar surface area (TPSA) is 84.7 Å². The molecule has 1 aliphatic rings. The van der Waals surface area contributed by atoms with Crippen molar-refractivity contribution in [2.75, 3.05) is 18.6 Å². The maximum absolute atomic E-state index is 13.2. The van der Waals surface area contributed by atoms with E-state index in [0.717, 1.165) is 17.2 Å². The Morgan fingerprint density at radius 2 is 1.90 bits per heavy atom. The van der Waals surface area contributed by atoms with Crippen LogP contribution < -0.4 is 9.64 Å². The Labute approximate surface area is 167 Å². The van der Waals surface area contributed by atoms with Crippen LogP contribution in [0.4, 0.5) is 10.6 Å². The van der Waals surface area contributed by atoms with Gasteiger partial charge in [-0.3, -0.25) is 24.1 Å². The van der Waals surface area contributed by atoms with Crippen LogP contribution in [0.15, 0.2) is 42.5 Å². The summed E-state index contributed by atoms with van der Waals surface area (Å²) in [4.78, 5) is 39.5. The third-order valence-corrected chi connectivity index (χ3v) is 5.03. The monoisotopic (exact) mass is 392 g/mol. The number of aromatic nitrogens is 2. The summed E-state index contributed by atoms with van der Waals surface area (Å²) < 4.78 is 6.76. The summed E-state index contributed by atoms with van der Waals surface area (Å²) in [5.41, 5.74) is 1.97. The van der Waals surface area contributed by atoms with E-state index in [0.29, 0.717) is 22.6 Å². The number of benzene rings is 2. The number of hydrogen-bond acceptors (Lipinski definition) is 5. The Hall–Kier alpha value is -3.68. The van der Waals surface area contributed by atoms with Gasteiger partial charge in [0, 0.05) is 31.0 Å². The van der Waals surface area contributed by atoms with Crippen molar-refractivity contribution in [1.82, 2.24) is 14.7 Å². The standard InChI is InChI=1S/C21H20N4O4/c1-23-20(17-8-5-15(13-26)11-18(17)22-23)24-10-9-19(27)25(21(24)28)12-14-3-6-16(29-2)7-4-14/h3-8,11,13H,9-10,12H2,1-2H3. The summed E-state index contributed by atoms with van der Waals surface area (Å²) in [5, 5.41) is 5.18. The normalized spacial score (nSPS) is 14.6. The lowest BCUT2D eigenvalue weighted by Gasteiger charge is -2.34. The molecule has 0 aliphatic carbocycles. The fraction of sp³-hybridized carbons (Fsp3) is 0.238. The van der Waals surface area contributed by atoms with Gasteiger partial charge in [0.1, 0.15) is 17.9 Å². The molecule has 1 aliphatic heterocycles. The number of amides is 3. The van der Waals surface area contributed by atoms with Crippen LogP contribution in [0.5, 0.6) is 5.75 Å². The first-order valence-corrected chi connectivity index (χ1v) is 9.18. The number of carbonyl (C=O) groups excluding carboxylic acids is 3. The predicted molar refractivity (Wildman–Crippen MR) is 107 cm³/mol. The van der Waals surface area contributed by atoms with Crippen LogP contribution in [0, 0.1) is 0 Å². The molecule has 3 amide bonds. The van der Waals surface area contributed by atoms with E-state index in [2.05, 4.69) is 5.10 Å². The van der Waals surface area contributed by atoms with E-state index in [4.69, 9.17) is 4.74 Å². The van der Waals surface area contributed by atoms with Gasteiger partial charge in [0.25, 0.3) is 0 Å². The van der Waals surface area contributed by atoms with Crippen molar-refractivity contribution in [3.05, 3.63) is 53.6 Å². The predicted octanol–water partition coefficient (Wildman–Crippen LogP) is 2.75. The highest BCUT2D eigenvalue weighted by molar-refractivity contribution is 6.09. The zero-order valence-electron chi connectivity index (χ0n) is 16.2. The lowest BCUT2D eigenvalue weighted by atomic mass is 10.1. The second-order valence-electron chi connectivity index (χ2n) is 6.85. The number of ether oxygens (including phenoxy) is 1. The molecule has 4 rings (SSSR count). The van der Waals surface area contributed by atoms with Crippen LogP contribution in [0.25, 0.3) is 10.9 Å². The number of aldehydes is 1. The van der Waals surface area contributed by atoms with Gasteiger partial charge in [-0.25, -0.2) is 4.79 Å². The average molecular weight is 392 g/mol. The zero-order valence-corrected chi connectivity index (χ0v) is 16.2. The second-order valence-corrected chi connectivity index (χ2v) is 6.85. The Balaban J connectivity index is 1.66. The van der Waals surface area contributed by atoms with Crippen molar-refractivity contribution in [1.29, 1.82) is 0 Å². The van der Waals surface area contributed by atoms with E-state index in [1.54, 1.807) is 54.1 Å². The first-order valence-electron chi connectivity index (χ1n) is 9.18. The van der Waals surface area contributed by atoms with Crippen molar-refractivity contribution in [2.45, 2.75) is 13.0 Å². The highest BCUT2D eigenvalue weighted by Crippen LogP contribution is 2.30. The van der Waals surface area contributed by atoms with Crippen LogP contribution in [0.3, 0.4) is 0 Å². The molecule has 0 spiro atoms. The van der Waals surface area contributed by atoms with Gasteiger partial charge in [-0.1, -0.05) is 18.2 Å². The molecular weight excluding hydrogens is 372 g/mol. The molecule has 0 atom stereocenters. The van der Waals surface area contributed by atoms with Crippen molar-refractivity contribution in [3.63, 3.8) is 0 Å². The third kappa shape index (κ3) is 3.33. The lowest BCUT2D eigenvalue weighted by molar-refractivity contribution is -0.129.